The van der Waals surface area contributed by atoms with Crippen LogP contribution in [0.2, 0.25) is 0 Å². The molecule has 1 saturated heterocycles. The van der Waals surface area contributed by atoms with Crippen LogP contribution < -0.4 is 0 Å². The molecule has 0 aliphatic carbocycles. The summed E-state index contributed by atoms with van der Waals surface area (Å²) in [4.78, 5) is 14.0. The molecule has 2 aromatic rings. The van der Waals surface area contributed by atoms with Crippen LogP contribution in [0.15, 0.2) is 54.6 Å². The summed E-state index contributed by atoms with van der Waals surface area (Å²) in [7, 11) is 1.40. The maximum atomic E-state index is 11.6. The van der Waals surface area contributed by atoms with E-state index in [-0.39, 0.29) is 5.97 Å². The summed E-state index contributed by atoms with van der Waals surface area (Å²) >= 11 is 0. The second-order valence-electron chi connectivity index (χ2n) is 6.48. The van der Waals surface area contributed by atoms with Crippen LogP contribution in [0.5, 0.6) is 0 Å². The van der Waals surface area contributed by atoms with Gasteiger partial charge in [0.15, 0.2) is 0 Å². The fraction of sp³-hybridized carbons (Fsp3) is 0.381. The number of methoxy groups -OCH3 is 1. The molecule has 0 amide bonds. The fourth-order valence-electron chi connectivity index (χ4n) is 3.23. The lowest BCUT2D eigenvalue weighted by molar-refractivity contribution is 0.0600. The Hall–Kier alpha value is -2.17. The predicted octanol–water partition coefficient (Wildman–Crippen LogP) is 3.65. The fourth-order valence-corrected chi connectivity index (χ4v) is 3.23. The number of carbonyl (C=O) groups is 1. The normalized spacial score (nSPS) is 17.0. The van der Waals surface area contributed by atoms with E-state index in [1.807, 2.05) is 30.3 Å². The van der Waals surface area contributed by atoms with Crippen molar-refractivity contribution < 1.29 is 14.3 Å². The third-order valence-corrected chi connectivity index (χ3v) is 4.52. The molecule has 4 nitrogen and oxygen atoms in total. The van der Waals surface area contributed by atoms with Crippen molar-refractivity contribution in [2.24, 2.45) is 0 Å². The van der Waals surface area contributed by atoms with E-state index in [0.717, 1.165) is 39.1 Å². The molecule has 0 bridgehead atoms. The molecular weight excluding hydrogens is 314 g/mol. The van der Waals surface area contributed by atoms with Gasteiger partial charge in [-0.1, -0.05) is 42.5 Å². The summed E-state index contributed by atoms with van der Waals surface area (Å²) in [6, 6.07) is 18.2. The lowest BCUT2D eigenvalue weighted by atomic mass is 10.1. The average Bonchev–Trinajstić information content (AvgIpc) is 3.15. The predicted molar refractivity (Wildman–Crippen MR) is 97.3 cm³/mol. The highest BCUT2D eigenvalue weighted by Crippen LogP contribution is 2.17. The molecule has 1 unspecified atom stereocenters. The standard InChI is InChI=1S/C21H25NO3/c1-24-21(23)19-11-9-18(10-12-19)15-22(16-20-8-5-13-25-20)14-17-6-3-2-4-7-17/h2-4,6-7,9-12,20H,5,8,13-16H2,1H3. The summed E-state index contributed by atoms with van der Waals surface area (Å²) in [6.07, 6.45) is 2.60. The molecule has 1 atom stereocenters. The van der Waals surface area contributed by atoms with Gasteiger partial charge < -0.3 is 9.47 Å². The van der Waals surface area contributed by atoms with Crippen molar-refractivity contribution in [2.45, 2.75) is 32.0 Å². The molecule has 25 heavy (non-hydrogen) atoms. The highest BCUT2D eigenvalue weighted by Gasteiger charge is 2.19. The van der Waals surface area contributed by atoms with Crippen molar-refractivity contribution in [3.63, 3.8) is 0 Å². The van der Waals surface area contributed by atoms with E-state index in [1.54, 1.807) is 0 Å². The van der Waals surface area contributed by atoms with Crippen LogP contribution >= 0.6 is 0 Å². The van der Waals surface area contributed by atoms with Crippen LogP contribution in [0.4, 0.5) is 0 Å². The van der Waals surface area contributed by atoms with Crippen LogP contribution in [-0.4, -0.2) is 37.2 Å². The Morgan fingerprint density at radius 1 is 1.08 bits per heavy atom. The van der Waals surface area contributed by atoms with Gasteiger partial charge in [0.1, 0.15) is 0 Å². The lowest BCUT2D eigenvalue weighted by Crippen LogP contribution is -2.31. The van der Waals surface area contributed by atoms with Gasteiger partial charge in [0.2, 0.25) is 0 Å². The monoisotopic (exact) mass is 339 g/mol. The Bertz CT molecular complexity index is 663. The van der Waals surface area contributed by atoms with E-state index in [0.29, 0.717) is 11.7 Å². The molecule has 132 valence electrons. The Morgan fingerprint density at radius 2 is 1.76 bits per heavy atom. The second kappa shape index (κ2) is 8.79. The first-order valence-electron chi connectivity index (χ1n) is 8.80. The first-order chi connectivity index (χ1) is 12.2. The van der Waals surface area contributed by atoms with Crippen LogP contribution in [0, 0.1) is 0 Å². The van der Waals surface area contributed by atoms with E-state index in [4.69, 9.17) is 9.47 Å². The molecule has 1 aliphatic heterocycles. The van der Waals surface area contributed by atoms with Crippen molar-refractivity contribution in [1.29, 1.82) is 0 Å². The quantitative estimate of drug-likeness (QED) is 0.722. The number of hydrogen-bond donors (Lipinski definition) is 0. The summed E-state index contributed by atoms with van der Waals surface area (Å²) in [6.45, 7) is 3.51. The molecule has 4 heteroatoms. The maximum Gasteiger partial charge on any atom is 0.337 e. The van der Waals surface area contributed by atoms with E-state index < -0.39 is 0 Å². The minimum atomic E-state index is -0.299. The molecule has 1 aliphatic rings. The van der Waals surface area contributed by atoms with Gasteiger partial charge in [-0.3, -0.25) is 4.90 Å². The van der Waals surface area contributed by atoms with Gasteiger partial charge in [-0.15, -0.1) is 0 Å². The van der Waals surface area contributed by atoms with Gasteiger partial charge in [0.05, 0.1) is 18.8 Å². The summed E-state index contributed by atoms with van der Waals surface area (Å²) in [5.74, 6) is -0.299. The SMILES string of the molecule is COC(=O)c1ccc(CN(Cc2ccccc2)CC2CCCO2)cc1. The smallest absolute Gasteiger partial charge is 0.337 e. The molecular formula is C21H25NO3. The molecule has 0 N–H and O–H groups in total. The van der Waals surface area contributed by atoms with E-state index >= 15 is 0 Å². The molecule has 1 fully saturated rings. The summed E-state index contributed by atoms with van der Waals surface area (Å²) < 4.78 is 10.6. The van der Waals surface area contributed by atoms with Crippen LogP contribution in [-0.2, 0) is 22.6 Å². The van der Waals surface area contributed by atoms with Gasteiger partial charge in [-0.2, -0.15) is 0 Å². The Labute approximate surface area is 149 Å². The molecule has 2 aromatic carbocycles. The molecule has 0 saturated carbocycles. The Kier molecular flexibility index (Phi) is 6.20. The number of esters is 1. The first-order valence-corrected chi connectivity index (χ1v) is 8.80. The van der Waals surface area contributed by atoms with Crippen LogP contribution in [0.1, 0.15) is 34.3 Å². The van der Waals surface area contributed by atoms with Crippen LogP contribution in [0.3, 0.4) is 0 Å². The van der Waals surface area contributed by atoms with Crippen molar-refractivity contribution >= 4 is 5.97 Å². The molecule has 0 radical (unpaired) electrons. The van der Waals surface area contributed by atoms with Gasteiger partial charge in [0.25, 0.3) is 0 Å². The number of carbonyl (C=O) groups excluding carboxylic acids is 1. The Morgan fingerprint density at radius 3 is 2.36 bits per heavy atom. The molecule has 1 heterocycles. The van der Waals surface area contributed by atoms with Gasteiger partial charge in [-0.05, 0) is 36.1 Å². The minimum absolute atomic E-state index is 0.299. The summed E-state index contributed by atoms with van der Waals surface area (Å²) in [5, 5.41) is 0. The number of rotatable bonds is 7. The van der Waals surface area contributed by atoms with Crippen molar-refractivity contribution in [2.75, 3.05) is 20.3 Å². The molecule has 0 aromatic heterocycles. The van der Waals surface area contributed by atoms with E-state index in [1.165, 1.54) is 18.2 Å². The van der Waals surface area contributed by atoms with Gasteiger partial charge in [0, 0.05) is 26.2 Å². The number of nitrogens with zero attached hydrogens (tertiary/aromatic N) is 1. The topological polar surface area (TPSA) is 38.8 Å². The number of ether oxygens (including phenoxy) is 2. The number of benzene rings is 2. The van der Waals surface area contributed by atoms with Gasteiger partial charge in [-0.25, -0.2) is 4.79 Å². The number of hydrogen-bond acceptors (Lipinski definition) is 4. The van der Waals surface area contributed by atoms with Crippen LogP contribution in [0.25, 0.3) is 0 Å². The average molecular weight is 339 g/mol. The summed E-state index contributed by atoms with van der Waals surface area (Å²) in [5.41, 5.74) is 3.06. The minimum Gasteiger partial charge on any atom is -0.465 e. The largest absolute Gasteiger partial charge is 0.465 e. The second-order valence-corrected chi connectivity index (χ2v) is 6.48. The zero-order valence-electron chi connectivity index (χ0n) is 14.7. The van der Waals surface area contributed by atoms with Crippen molar-refractivity contribution in [3.8, 4) is 0 Å². The Balaban J connectivity index is 1.68. The molecule has 0 spiro atoms. The van der Waals surface area contributed by atoms with Crippen molar-refractivity contribution in [1.82, 2.24) is 4.90 Å². The van der Waals surface area contributed by atoms with Crippen molar-refractivity contribution in [3.05, 3.63) is 71.3 Å². The molecule has 3 rings (SSSR count). The van der Waals surface area contributed by atoms with E-state index in [9.17, 15) is 4.79 Å². The third kappa shape index (κ3) is 5.15. The first kappa shape index (κ1) is 17.6. The highest BCUT2D eigenvalue weighted by atomic mass is 16.5. The van der Waals surface area contributed by atoms with Gasteiger partial charge >= 0.3 is 5.97 Å². The third-order valence-electron chi connectivity index (χ3n) is 4.52. The van der Waals surface area contributed by atoms with E-state index in [2.05, 4.69) is 29.2 Å². The lowest BCUT2D eigenvalue weighted by Gasteiger charge is -2.25. The zero-order valence-corrected chi connectivity index (χ0v) is 14.7. The zero-order chi connectivity index (χ0) is 17.5. The maximum absolute atomic E-state index is 11.6. The highest BCUT2D eigenvalue weighted by molar-refractivity contribution is 5.89.